The number of carbonyl (C=O) groups excluding carboxylic acids is 2. The third-order valence-electron chi connectivity index (χ3n) is 4.91. The zero-order valence-corrected chi connectivity index (χ0v) is 19.5. The molecule has 0 heterocycles. The molecule has 2 amide bonds. The van der Waals surface area contributed by atoms with Gasteiger partial charge in [-0.3, -0.25) is 25.2 Å². The summed E-state index contributed by atoms with van der Waals surface area (Å²) >= 11 is 6.02. The SMILES string of the molecule is CCc1ccc(CCC(=O)NNC(=O)c2cccc(S(=O)(=O)Nc3ccccc3Cl)c2)cc1. The van der Waals surface area contributed by atoms with Crippen LogP contribution in [0.3, 0.4) is 0 Å². The van der Waals surface area contributed by atoms with E-state index in [1.54, 1.807) is 18.2 Å². The minimum Gasteiger partial charge on any atom is -0.278 e. The number of aryl methyl sites for hydroxylation is 2. The summed E-state index contributed by atoms with van der Waals surface area (Å²) in [5, 5.41) is 0.249. The molecular weight excluding hydrogens is 462 g/mol. The summed E-state index contributed by atoms with van der Waals surface area (Å²) in [6.07, 6.45) is 1.68. The molecule has 0 aromatic heterocycles. The zero-order chi connectivity index (χ0) is 23.8. The molecule has 3 rings (SSSR count). The van der Waals surface area contributed by atoms with E-state index in [0.717, 1.165) is 12.0 Å². The van der Waals surface area contributed by atoms with Gasteiger partial charge >= 0.3 is 0 Å². The van der Waals surface area contributed by atoms with Crippen molar-refractivity contribution in [3.05, 3.63) is 94.5 Å². The molecule has 0 saturated carbocycles. The Morgan fingerprint density at radius 2 is 1.58 bits per heavy atom. The topological polar surface area (TPSA) is 104 Å². The summed E-state index contributed by atoms with van der Waals surface area (Å²) < 4.78 is 27.8. The number of amides is 2. The molecule has 0 bridgehead atoms. The molecule has 33 heavy (non-hydrogen) atoms. The van der Waals surface area contributed by atoms with Crippen molar-refractivity contribution in [3.8, 4) is 0 Å². The molecule has 0 radical (unpaired) electrons. The molecular formula is C24H24ClN3O4S. The van der Waals surface area contributed by atoms with Gasteiger partial charge in [-0.25, -0.2) is 8.42 Å². The van der Waals surface area contributed by atoms with Crippen LogP contribution < -0.4 is 15.6 Å². The van der Waals surface area contributed by atoms with Crippen molar-refractivity contribution in [2.75, 3.05) is 4.72 Å². The Balaban J connectivity index is 1.57. The van der Waals surface area contributed by atoms with E-state index in [1.165, 1.54) is 35.9 Å². The van der Waals surface area contributed by atoms with Crippen LogP contribution in [0, 0.1) is 0 Å². The molecule has 0 unspecified atom stereocenters. The predicted molar refractivity (Wildman–Crippen MR) is 128 cm³/mol. The highest BCUT2D eigenvalue weighted by atomic mass is 35.5. The van der Waals surface area contributed by atoms with Crippen molar-refractivity contribution in [1.82, 2.24) is 10.9 Å². The Morgan fingerprint density at radius 3 is 2.27 bits per heavy atom. The molecule has 0 saturated heterocycles. The van der Waals surface area contributed by atoms with Gasteiger partial charge in [0.1, 0.15) is 0 Å². The normalized spacial score (nSPS) is 11.0. The molecule has 7 nitrogen and oxygen atoms in total. The Bertz CT molecular complexity index is 1240. The third kappa shape index (κ3) is 6.81. The zero-order valence-electron chi connectivity index (χ0n) is 18.0. The number of anilines is 1. The molecule has 0 atom stereocenters. The van der Waals surface area contributed by atoms with Crippen molar-refractivity contribution in [2.45, 2.75) is 31.1 Å². The Hall–Kier alpha value is -3.36. The lowest BCUT2D eigenvalue weighted by Gasteiger charge is -2.11. The number of halogens is 1. The Morgan fingerprint density at radius 1 is 0.879 bits per heavy atom. The first kappa shape index (κ1) is 24.3. The first-order valence-corrected chi connectivity index (χ1v) is 12.2. The van der Waals surface area contributed by atoms with E-state index >= 15 is 0 Å². The fourth-order valence-corrected chi connectivity index (χ4v) is 4.38. The van der Waals surface area contributed by atoms with Gasteiger partial charge in [-0.2, -0.15) is 0 Å². The summed E-state index contributed by atoms with van der Waals surface area (Å²) in [7, 11) is -3.97. The lowest BCUT2D eigenvalue weighted by Crippen LogP contribution is -2.41. The first-order chi connectivity index (χ1) is 15.8. The van der Waals surface area contributed by atoms with Crippen LogP contribution in [0.1, 0.15) is 34.8 Å². The summed E-state index contributed by atoms with van der Waals surface area (Å²) in [6.45, 7) is 2.08. The van der Waals surface area contributed by atoms with Crippen LogP contribution in [-0.2, 0) is 27.7 Å². The fraction of sp³-hybridized carbons (Fsp3) is 0.167. The highest BCUT2D eigenvalue weighted by molar-refractivity contribution is 7.92. The van der Waals surface area contributed by atoms with Crippen LogP contribution >= 0.6 is 11.6 Å². The maximum atomic E-state index is 12.7. The largest absolute Gasteiger partial charge is 0.278 e. The minimum absolute atomic E-state index is 0.0764. The van der Waals surface area contributed by atoms with Crippen molar-refractivity contribution in [3.63, 3.8) is 0 Å². The van der Waals surface area contributed by atoms with Crippen molar-refractivity contribution in [1.29, 1.82) is 0 Å². The molecule has 0 spiro atoms. The van der Waals surface area contributed by atoms with Gasteiger partial charge in [0.2, 0.25) is 5.91 Å². The number of hydrogen-bond donors (Lipinski definition) is 3. The number of sulfonamides is 1. The number of hydrazine groups is 1. The van der Waals surface area contributed by atoms with Crippen molar-refractivity contribution < 1.29 is 18.0 Å². The van der Waals surface area contributed by atoms with Crippen molar-refractivity contribution >= 4 is 39.1 Å². The maximum Gasteiger partial charge on any atom is 0.269 e. The first-order valence-electron chi connectivity index (χ1n) is 10.3. The van der Waals surface area contributed by atoms with E-state index in [1.807, 2.05) is 24.3 Å². The fourth-order valence-electron chi connectivity index (χ4n) is 3.01. The standard InChI is InChI=1S/C24H24ClN3O4S/c1-2-17-10-12-18(13-11-17)14-15-23(29)26-27-24(30)19-6-5-7-20(16-19)33(31,32)28-22-9-4-3-8-21(22)25/h3-13,16,28H,2,14-15H2,1H3,(H,26,29)(H,27,30). The average molecular weight is 486 g/mol. The molecule has 9 heteroatoms. The molecule has 3 aromatic rings. The molecule has 0 aliphatic carbocycles. The predicted octanol–water partition coefficient (Wildman–Crippen LogP) is 4.10. The van der Waals surface area contributed by atoms with Crippen LogP contribution in [0.5, 0.6) is 0 Å². The van der Waals surface area contributed by atoms with E-state index in [9.17, 15) is 18.0 Å². The second kappa shape index (κ2) is 11.0. The van der Waals surface area contributed by atoms with Gasteiger partial charge in [0, 0.05) is 12.0 Å². The lowest BCUT2D eigenvalue weighted by atomic mass is 10.1. The average Bonchev–Trinajstić information content (AvgIpc) is 2.83. The number of para-hydroxylation sites is 1. The van der Waals surface area contributed by atoms with Crippen molar-refractivity contribution in [2.24, 2.45) is 0 Å². The quantitative estimate of drug-likeness (QED) is 0.418. The second-order valence-corrected chi connectivity index (χ2v) is 9.38. The molecule has 0 aliphatic heterocycles. The van der Waals surface area contributed by atoms with Gasteiger partial charge in [-0.1, -0.05) is 61.0 Å². The van der Waals surface area contributed by atoms with Gasteiger partial charge in [0.05, 0.1) is 15.6 Å². The molecule has 3 N–H and O–H groups in total. The number of carbonyl (C=O) groups is 2. The van der Waals surface area contributed by atoms with Crippen LogP contribution in [0.15, 0.2) is 77.7 Å². The van der Waals surface area contributed by atoms with E-state index in [4.69, 9.17) is 11.6 Å². The number of nitrogens with one attached hydrogen (secondary N) is 3. The van der Waals surface area contributed by atoms with Crippen LogP contribution in [0.2, 0.25) is 5.02 Å². The monoisotopic (exact) mass is 485 g/mol. The second-order valence-electron chi connectivity index (χ2n) is 7.29. The number of benzene rings is 3. The van der Waals surface area contributed by atoms with Gasteiger partial charge in [-0.15, -0.1) is 0 Å². The van der Waals surface area contributed by atoms with E-state index < -0.39 is 15.9 Å². The van der Waals surface area contributed by atoms with Gasteiger partial charge in [-0.05, 0) is 54.3 Å². The van der Waals surface area contributed by atoms with Gasteiger partial charge < -0.3 is 0 Å². The van der Waals surface area contributed by atoms with E-state index in [0.29, 0.717) is 6.42 Å². The van der Waals surface area contributed by atoms with Crippen LogP contribution in [-0.4, -0.2) is 20.2 Å². The highest BCUT2D eigenvalue weighted by Crippen LogP contribution is 2.24. The molecule has 3 aromatic carbocycles. The summed E-state index contributed by atoms with van der Waals surface area (Å²) in [4.78, 5) is 24.4. The Kier molecular flexibility index (Phi) is 8.08. The van der Waals surface area contributed by atoms with E-state index in [2.05, 4.69) is 22.5 Å². The Labute approximate surface area is 198 Å². The summed E-state index contributed by atoms with van der Waals surface area (Å²) in [5.74, 6) is -0.988. The summed E-state index contributed by atoms with van der Waals surface area (Å²) in [6, 6.07) is 19.9. The van der Waals surface area contributed by atoms with Gasteiger partial charge in [0.25, 0.3) is 15.9 Å². The molecule has 0 aliphatic rings. The number of rotatable bonds is 8. The van der Waals surface area contributed by atoms with Crippen LogP contribution in [0.4, 0.5) is 5.69 Å². The van der Waals surface area contributed by atoms with Gasteiger partial charge in [0.15, 0.2) is 0 Å². The van der Waals surface area contributed by atoms with E-state index in [-0.39, 0.29) is 33.5 Å². The smallest absolute Gasteiger partial charge is 0.269 e. The summed E-state index contributed by atoms with van der Waals surface area (Å²) in [5.41, 5.74) is 7.23. The molecule has 172 valence electrons. The molecule has 0 fully saturated rings. The third-order valence-corrected chi connectivity index (χ3v) is 6.60. The van der Waals surface area contributed by atoms with Crippen LogP contribution in [0.25, 0.3) is 0 Å². The highest BCUT2D eigenvalue weighted by Gasteiger charge is 2.18. The minimum atomic E-state index is -3.97. The maximum absolute atomic E-state index is 12.7. The number of hydrogen-bond acceptors (Lipinski definition) is 4. The lowest BCUT2D eigenvalue weighted by molar-refractivity contribution is -0.121.